The van der Waals surface area contributed by atoms with Gasteiger partial charge in [-0.1, -0.05) is 13.8 Å². The van der Waals surface area contributed by atoms with Gasteiger partial charge in [-0.2, -0.15) is 0 Å². The molecule has 4 nitrogen and oxygen atoms in total. The summed E-state index contributed by atoms with van der Waals surface area (Å²) in [5, 5.41) is 9.21. The Morgan fingerprint density at radius 3 is 2.18 bits per heavy atom. The zero-order valence-corrected chi connectivity index (χ0v) is 11.2. The number of esters is 1. The molecule has 1 fully saturated rings. The van der Waals surface area contributed by atoms with Crippen molar-refractivity contribution in [1.82, 2.24) is 0 Å². The first-order valence-electron chi connectivity index (χ1n) is 6.09. The Labute approximate surface area is 102 Å². The molecular formula is C13H22O4. The second-order valence-electron chi connectivity index (χ2n) is 6.08. The van der Waals surface area contributed by atoms with Crippen molar-refractivity contribution in [2.45, 2.75) is 46.6 Å². The largest absolute Gasteiger partial charge is 0.481 e. The van der Waals surface area contributed by atoms with E-state index in [1.165, 1.54) is 0 Å². The van der Waals surface area contributed by atoms with Crippen molar-refractivity contribution in [2.24, 2.45) is 23.7 Å². The normalized spacial score (nSPS) is 33.5. The first kappa shape index (κ1) is 14.0. The van der Waals surface area contributed by atoms with Gasteiger partial charge < -0.3 is 9.84 Å². The van der Waals surface area contributed by atoms with E-state index in [2.05, 4.69) is 0 Å². The van der Waals surface area contributed by atoms with Crippen molar-refractivity contribution >= 4 is 11.9 Å². The van der Waals surface area contributed by atoms with E-state index < -0.39 is 23.4 Å². The standard InChI is InChI=1S/C13H22O4/c1-7-6-9(10(8(7)2)11(14)15)12(16)17-13(3,4)5/h7-10H,6H2,1-5H3,(H,14,15). The summed E-state index contributed by atoms with van der Waals surface area (Å²) in [5.41, 5.74) is -0.560. The quantitative estimate of drug-likeness (QED) is 0.755. The number of ether oxygens (including phenoxy) is 1. The van der Waals surface area contributed by atoms with Crippen LogP contribution in [0.1, 0.15) is 41.0 Å². The van der Waals surface area contributed by atoms with Crippen LogP contribution in [0.3, 0.4) is 0 Å². The third kappa shape index (κ3) is 3.20. The molecule has 1 aliphatic rings. The fraction of sp³-hybridized carbons (Fsp3) is 0.846. The predicted molar refractivity (Wildman–Crippen MR) is 63.4 cm³/mol. The minimum atomic E-state index is -0.891. The minimum absolute atomic E-state index is 0.0185. The highest BCUT2D eigenvalue weighted by Gasteiger charge is 2.47. The molecule has 0 radical (unpaired) electrons. The fourth-order valence-corrected chi connectivity index (χ4v) is 2.50. The Bertz CT molecular complexity index is 316. The van der Waals surface area contributed by atoms with Crippen LogP contribution in [0.15, 0.2) is 0 Å². The topological polar surface area (TPSA) is 63.6 Å². The number of carboxylic acid groups (broad SMARTS) is 1. The number of rotatable bonds is 2. The SMILES string of the molecule is CC1CC(C(=O)OC(C)(C)C)C(C(=O)O)C1C. The summed E-state index contributed by atoms with van der Waals surface area (Å²) in [4.78, 5) is 23.2. The Morgan fingerprint density at radius 2 is 1.76 bits per heavy atom. The molecule has 0 aliphatic heterocycles. The van der Waals surface area contributed by atoms with Gasteiger partial charge in [0.15, 0.2) is 0 Å². The number of hydrogen-bond acceptors (Lipinski definition) is 3. The maximum atomic E-state index is 12.0. The van der Waals surface area contributed by atoms with Gasteiger partial charge in [0, 0.05) is 0 Å². The molecule has 0 aromatic heterocycles. The lowest BCUT2D eigenvalue weighted by Crippen LogP contribution is -2.34. The third-order valence-corrected chi connectivity index (χ3v) is 3.52. The lowest BCUT2D eigenvalue weighted by molar-refractivity contribution is -0.166. The molecule has 1 N–H and O–H groups in total. The van der Waals surface area contributed by atoms with Gasteiger partial charge in [-0.15, -0.1) is 0 Å². The predicted octanol–water partition coefficient (Wildman–Crippen LogP) is 2.32. The van der Waals surface area contributed by atoms with Gasteiger partial charge in [0.25, 0.3) is 0 Å². The molecule has 1 aliphatic carbocycles. The molecule has 98 valence electrons. The van der Waals surface area contributed by atoms with Gasteiger partial charge in [-0.05, 0) is 39.0 Å². The first-order valence-corrected chi connectivity index (χ1v) is 6.09. The molecule has 17 heavy (non-hydrogen) atoms. The van der Waals surface area contributed by atoms with Crippen LogP contribution in [0.2, 0.25) is 0 Å². The monoisotopic (exact) mass is 242 g/mol. The highest BCUT2D eigenvalue weighted by Crippen LogP contribution is 2.42. The molecule has 0 amide bonds. The Hall–Kier alpha value is -1.06. The highest BCUT2D eigenvalue weighted by molar-refractivity contribution is 5.82. The molecule has 0 bridgehead atoms. The van der Waals surface area contributed by atoms with E-state index in [1.807, 2.05) is 13.8 Å². The summed E-state index contributed by atoms with van der Waals surface area (Å²) in [6, 6.07) is 0. The maximum absolute atomic E-state index is 12.0. The number of carbonyl (C=O) groups excluding carboxylic acids is 1. The van der Waals surface area contributed by atoms with Gasteiger partial charge in [-0.25, -0.2) is 0 Å². The smallest absolute Gasteiger partial charge is 0.310 e. The van der Waals surface area contributed by atoms with Crippen LogP contribution in [0.5, 0.6) is 0 Å². The van der Waals surface area contributed by atoms with Crippen molar-refractivity contribution in [3.63, 3.8) is 0 Å². The van der Waals surface area contributed by atoms with Gasteiger partial charge in [0.05, 0.1) is 11.8 Å². The van der Waals surface area contributed by atoms with Crippen molar-refractivity contribution in [1.29, 1.82) is 0 Å². The minimum Gasteiger partial charge on any atom is -0.481 e. The van der Waals surface area contributed by atoms with E-state index in [0.717, 1.165) is 0 Å². The number of hydrogen-bond donors (Lipinski definition) is 1. The fourth-order valence-electron chi connectivity index (χ4n) is 2.50. The molecule has 0 saturated heterocycles. The summed E-state index contributed by atoms with van der Waals surface area (Å²) < 4.78 is 5.30. The van der Waals surface area contributed by atoms with Crippen LogP contribution >= 0.6 is 0 Å². The zero-order chi connectivity index (χ0) is 13.4. The van der Waals surface area contributed by atoms with Crippen LogP contribution in [0.4, 0.5) is 0 Å². The maximum Gasteiger partial charge on any atom is 0.310 e. The van der Waals surface area contributed by atoms with Crippen molar-refractivity contribution in [3.05, 3.63) is 0 Å². The average Bonchev–Trinajstić information content (AvgIpc) is 2.40. The summed E-state index contributed by atoms with van der Waals surface area (Å²) in [6.45, 7) is 9.27. The zero-order valence-electron chi connectivity index (χ0n) is 11.2. The van der Waals surface area contributed by atoms with E-state index in [9.17, 15) is 14.7 Å². The van der Waals surface area contributed by atoms with Crippen LogP contribution in [-0.2, 0) is 14.3 Å². The molecule has 1 saturated carbocycles. The number of carbonyl (C=O) groups is 2. The number of carboxylic acids is 1. The molecule has 0 aromatic rings. The lowest BCUT2D eigenvalue weighted by Gasteiger charge is -2.24. The van der Waals surface area contributed by atoms with E-state index in [4.69, 9.17) is 4.74 Å². The summed E-state index contributed by atoms with van der Waals surface area (Å²) in [5.74, 6) is -2.12. The average molecular weight is 242 g/mol. The van der Waals surface area contributed by atoms with E-state index >= 15 is 0 Å². The summed E-state index contributed by atoms with van der Waals surface area (Å²) in [6.07, 6.45) is 0.604. The molecule has 0 heterocycles. The van der Waals surface area contributed by atoms with Crippen LogP contribution < -0.4 is 0 Å². The molecule has 4 atom stereocenters. The lowest BCUT2D eigenvalue weighted by atomic mass is 9.89. The van der Waals surface area contributed by atoms with Crippen LogP contribution in [0, 0.1) is 23.7 Å². The van der Waals surface area contributed by atoms with Crippen molar-refractivity contribution in [3.8, 4) is 0 Å². The van der Waals surface area contributed by atoms with Gasteiger partial charge in [0.2, 0.25) is 0 Å². The molecule has 4 heteroatoms. The van der Waals surface area contributed by atoms with E-state index in [0.29, 0.717) is 6.42 Å². The first-order chi connectivity index (χ1) is 7.63. The Kier molecular flexibility index (Phi) is 3.84. The Morgan fingerprint density at radius 1 is 1.24 bits per heavy atom. The van der Waals surface area contributed by atoms with Gasteiger partial charge in [0.1, 0.15) is 5.60 Å². The summed E-state index contributed by atoms with van der Waals surface area (Å²) >= 11 is 0. The molecule has 4 unspecified atom stereocenters. The Balaban J connectivity index is 2.82. The second kappa shape index (κ2) is 4.67. The van der Waals surface area contributed by atoms with Crippen molar-refractivity contribution in [2.75, 3.05) is 0 Å². The summed E-state index contributed by atoms with van der Waals surface area (Å²) in [7, 11) is 0. The molecule has 0 spiro atoms. The van der Waals surface area contributed by atoms with E-state index in [-0.39, 0.29) is 17.8 Å². The molecule has 1 rings (SSSR count). The highest BCUT2D eigenvalue weighted by atomic mass is 16.6. The van der Waals surface area contributed by atoms with Crippen LogP contribution in [-0.4, -0.2) is 22.6 Å². The van der Waals surface area contributed by atoms with Crippen LogP contribution in [0.25, 0.3) is 0 Å². The third-order valence-electron chi connectivity index (χ3n) is 3.52. The second-order valence-corrected chi connectivity index (χ2v) is 6.08. The van der Waals surface area contributed by atoms with Gasteiger partial charge >= 0.3 is 11.9 Å². The van der Waals surface area contributed by atoms with Gasteiger partial charge in [-0.3, -0.25) is 9.59 Å². The van der Waals surface area contributed by atoms with E-state index in [1.54, 1.807) is 20.8 Å². The van der Waals surface area contributed by atoms with Crippen molar-refractivity contribution < 1.29 is 19.4 Å². The number of aliphatic carboxylic acids is 1. The molecule has 0 aromatic carbocycles. The molecular weight excluding hydrogens is 220 g/mol.